The van der Waals surface area contributed by atoms with Crippen LogP contribution in [0.15, 0.2) is 84.9 Å². The summed E-state index contributed by atoms with van der Waals surface area (Å²) >= 11 is 0. The maximum absolute atomic E-state index is 10.6. The second-order valence-corrected chi connectivity index (χ2v) is 8.07. The van der Waals surface area contributed by atoms with Gasteiger partial charge in [-0.15, -0.1) is 5.92 Å². The van der Waals surface area contributed by atoms with Crippen molar-refractivity contribution in [3.63, 3.8) is 0 Å². The van der Waals surface area contributed by atoms with Gasteiger partial charge in [0.1, 0.15) is 12.4 Å². The number of carboxylic acid groups (broad SMARTS) is 1. The van der Waals surface area contributed by atoms with E-state index < -0.39 is 5.97 Å². The lowest BCUT2D eigenvalue weighted by molar-refractivity contribution is -0.136. The summed E-state index contributed by atoms with van der Waals surface area (Å²) in [6, 6.07) is 28.9. The number of aliphatic carboxylic acids is 1. The van der Waals surface area contributed by atoms with Crippen LogP contribution in [0.2, 0.25) is 0 Å². The molecule has 4 heteroatoms. The van der Waals surface area contributed by atoms with Gasteiger partial charge in [0.15, 0.2) is 0 Å². The van der Waals surface area contributed by atoms with Crippen LogP contribution < -0.4 is 10.1 Å². The number of hydrogen-bond donors (Lipinski definition) is 2. The van der Waals surface area contributed by atoms with Crippen LogP contribution >= 0.6 is 0 Å². The molecule has 0 unspecified atom stereocenters. The lowest BCUT2D eigenvalue weighted by Crippen LogP contribution is -2.17. The molecule has 4 rings (SSSR count). The van der Waals surface area contributed by atoms with Crippen molar-refractivity contribution in [1.82, 2.24) is 5.32 Å². The number of nitrogens with one attached hydrogen (secondary N) is 1. The first-order valence-corrected chi connectivity index (χ1v) is 11.3. The molecule has 0 aliphatic rings. The van der Waals surface area contributed by atoms with Gasteiger partial charge in [-0.1, -0.05) is 66.6 Å². The van der Waals surface area contributed by atoms with E-state index in [2.05, 4.69) is 71.8 Å². The molecule has 0 bridgehead atoms. The van der Waals surface area contributed by atoms with Crippen molar-refractivity contribution in [2.75, 3.05) is 6.54 Å². The van der Waals surface area contributed by atoms with E-state index in [-0.39, 0.29) is 6.42 Å². The first-order chi connectivity index (χ1) is 16.6. The van der Waals surface area contributed by atoms with Crippen LogP contribution in [0.25, 0.3) is 21.9 Å². The van der Waals surface area contributed by atoms with Crippen LogP contribution in [0.3, 0.4) is 0 Å². The molecule has 2 N–H and O–H groups in total. The van der Waals surface area contributed by atoms with Crippen LogP contribution in [-0.2, 0) is 17.9 Å². The van der Waals surface area contributed by atoms with E-state index in [0.717, 1.165) is 44.3 Å². The minimum atomic E-state index is -0.791. The van der Waals surface area contributed by atoms with Gasteiger partial charge in [0.25, 0.3) is 0 Å². The van der Waals surface area contributed by atoms with Crippen molar-refractivity contribution >= 4 is 16.7 Å². The van der Waals surface area contributed by atoms with Gasteiger partial charge in [0.2, 0.25) is 0 Å². The van der Waals surface area contributed by atoms with Crippen molar-refractivity contribution in [3.05, 3.63) is 102 Å². The summed E-state index contributed by atoms with van der Waals surface area (Å²) in [4.78, 5) is 10.6. The molecule has 0 spiro atoms. The monoisotopic (exact) mass is 449 g/mol. The lowest BCUT2D eigenvalue weighted by Gasteiger charge is -2.11. The first kappa shape index (κ1) is 23.1. The number of carbonyl (C=O) groups is 1. The smallest absolute Gasteiger partial charge is 0.304 e. The Labute approximate surface area is 200 Å². The van der Waals surface area contributed by atoms with Crippen LogP contribution in [0.4, 0.5) is 0 Å². The van der Waals surface area contributed by atoms with Gasteiger partial charge in [-0.05, 0) is 64.2 Å². The van der Waals surface area contributed by atoms with E-state index in [9.17, 15) is 4.79 Å². The van der Waals surface area contributed by atoms with Crippen LogP contribution in [0, 0.1) is 11.8 Å². The number of carboxylic acids is 1. The highest BCUT2D eigenvalue weighted by Crippen LogP contribution is 2.26. The zero-order valence-electron chi connectivity index (χ0n) is 19.2. The number of fused-ring (bicyclic) bond motifs is 1. The Morgan fingerprint density at radius 1 is 0.912 bits per heavy atom. The number of benzene rings is 4. The molecule has 0 aromatic heterocycles. The fourth-order valence-electron chi connectivity index (χ4n) is 3.86. The molecule has 170 valence electrons. The maximum Gasteiger partial charge on any atom is 0.304 e. The minimum Gasteiger partial charge on any atom is -0.489 e. The minimum absolute atomic E-state index is 0.121. The molecule has 0 aliphatic heterocycles. The number of rotatable bonds is 9. The molecule has 4 aromatic rings. The molecule has 34 heavy (non-hydrogen) atoms. The van der Waals surface area contributed by atoms with Crippen molar-refractivity contribution in [2.24, 2.45) is 0 Å². The van der Waals surface area contributed by atoms with Crippen LogP contribution in [-0.4, -0.2) is 17.6 Å². The average Bonchev–Trinajstić information content (AvgIpc) is 2.86. The molecule has 4 nitrogen and oxygen atoms in total. The van der Waals surface area contributed by atoms with E-state index >= 15 is 0 Å². The fraction of sp³-hybridized carbons (Fsp3) is 0.167. The quantitative estimate of drug-likeness (QED) is 0.242. The zero-order chi connectivity index (χ0) is 23.8. The third kappa shape index (κ3) is 6.04. The van der Waals surface area contributed by atoms with Crippen LogP contribution in [0.1, 0.15) is 30.0 Å². The van der Waals surface area contributed by atoms with Crippen LogP contribution in [0.5, 0.6) is 5.75 Å². The number of ether oxygens (including phenoxy) is 1. The molecule has 0 saturated carbocycles. The van der Waals surface area contributed by atoms with Gasteiger partial charge < -0.3 is 15.2 Å². The Morgan fingerprint density at radius 3 is 2.47 bits per heavy atom. The van der Waals surface area contributed by atoms with Gasteiger partial charge in [0, 0.05) is 18.7 Å². The summed E-state index contributed by atoms with van der Waals surface area (Å²) in [6.07, 6.45) is 0.121. The topological polar surface area (TPSA) is 58.6 Å². The third-order valence-corrected chi connectivity index (χ3v) is 5.55. The van der Waals surface area contributed by atoms with Gasteiger partial charge in [0.05, 0.1) is 6.42 Å². The highest BCUT2D eigenvalue weighted by atomic mass is 16.5. The van der Waals surface area contributed by atoms with Crippen molar-refractivity contribution in [1.29, 1.82) is 0 Å². The normalized spacial score (nSPS) is 10.5. The highest BCUT2D eigenvalue weighted by Gasteiger charge is 2.06. The largest absolute Gasteiger partial charge is 0.489 e. The number of hydrogen-bond acceptors (Lipinski definition) is 3. The SMILES string of the molecule is CC#Cc1cc(COc2ccc3cc(CNCCC(=O)O)ccc3c2)ccc1-c1ccccc1. The zero-order valence-corrected chi connectivity index (χ0v) is 19.2. The molecule has 0 atom stereocenters. The molecule has 0 amide bonds. The second kappa shape index (κ2) is 11.2. The molecule has 0 heterocycles. The Hall–Kier alpha value is -4.07. The van der Waals surface area contributed by atoms with Crippen molar-refractivity contribution in [2.45, 2.75) is 26.5 Å². The lowest BCUT2D eigenvalue weighted by atomic mass is 9.98. The molecule has 0 radical (unpaired) electrons. The predicted octanol–water partition coefficient (Wildman–Crippen LogP) is 6.02. The molecule has 0 fully saturated rings. The fourth-order valence-corrected chi connectivity index (χ4v) is 3.86. The maximum atomic E-state index is 10.6. The summed E-state index contributed by atoms with van der Waals surface area (Å²) in [5, 5.41) is 14.1. The molecular weight excluding hydrogens is 422 g/mol. The summed E-state index contributed by atoms with van der Waals surface area (Å²) < 4.78 is 6.09. The first-order valence-electron chi connectivity index (χ1n) is 11.3. The van der Waals surface area contributed by atoms with Crippen molar-refractivity contribution in [3.8, 4) is 28.7 Å². The second-order valence-electron chi connectivity index (χ2n) is 8.07. The van der Waals surface area contributed by atoms with Gasteiger partial charge in [-0.2, -0.15) is 0 Å². The van der Waals surface area contributed by atoms with Gasteiger partial charge in [-0.25, -0.2) is 0 Å². The summed E-state index contributed by atoms with van der Waals surface area (Å²) in [6.45, 7) is 3.41. The standard InChI is InChI=1S/C30H27NO3/c1-2-6-27-18-23(10-14-29(27)24-7-4-3-5-8-24)21-34-28-13-12-25-17-22(9-11-26(25)19-28)20-31-16-15-30(32)33/h3-5,7-14,17-19,31H,15-16,20-21H2,1H3,(H,32,33). The summed E-state index contributed by atoms with van der Waals surface area (Å²) in [5.74, 6) is 6.27. The van der Waals surface area contributed by atoms with E-state index in [1.165, 1.54) is 0 Å². The molecule has 0 aliphatic carbocycles. The third-order valence-electron chi connectivity index (χ3n) is 5.55. The predicted molar refractivity (Wildman–Crippen MR) is 137 cm³/mol. The van der Waals surface area contributed by atoms with Gasteiger partial charge in [-0.3, -0.25) is 4.79 Å². The summed E-state index contributed by atoms with van der Waals surface area (Å²) in [5.41, 5.74) is 5.46. The highest BCUT2D eigenvalue weighted by molar-refractivity contribution is 5.84. The molecule has 0 saturated heterocycles. The van der Waals surface area contributed by atoms with E-state index in [1.807, 2.05) is 37.3 Å². The van der Waals surface area contributed by atoms with E-state index in [1.54, 1.807) is 0 Å². The Kier molecular flexibility index (Phi) is 7.60. The van der Waals surface area contributed by atoms with E-state index in [0.29, 0.717) is 19.7 Å². The Balaban J connectivity index is 1.43. The van der Waals surface area contributed by atoms with Gasteiger partial charge >= 0.3 is 5.97 Å². The Bertz CT molecular complexity index is 1350. The Morgan fingerprint density at radius 2 is 1.68 bits per heavy atom. The molecular formula is C30H27NO3. The van der Waals surface area contributed by atoms with Crippen molar-refractivity contribution < 1.29 is 14.6 Å². The summed E-state index contributed by atoms with van der Waals surface area (Å²) in [7, 11) is 0. The van der Waals surface area contributed by atoms with E-state index in [4.69, 9.17) is 9.84 Å². The molecule has 4 aromatic carbocycles. The average molecular weight is 450 g/mol.